The molecule has 0 saturated heterocycles. The van der Waals surface area contributed by atoms with Gasteiger partial charge in [-0.25, -0.2) is 8.42 Å². The summed E-state index contributed by atoms with van der Waals surface area (Å²) in [6, 6.07) is 13.8. The number of sulfonamides is 1. The van der Waals surface area contributed by atoms with Gasteiger partial charge in [0.2, 0.25) is 10.0 Å². The van der Waals surface area contributed by atoms with Crippen LogP contribution in [0.5, 0.6) is 5.75 Å². The van der Waals surface area contributed by atoms with E-state index in [1.165, 1.54) is 10.4 Å². The number of ether oxygens (including phenoxy) is 1. The van der Waals surface area contributed by atoms with Crippen LogP contribution in [0.4, 0.5) is 0 Å². The van der Waals surface area contributed by atoms with E-state index in [0.29, 0.717) is 11.6 Å². The smallest absolute Gasteiger partial charge is 0.243 e. The van der Waals surface area contributed by atoms with E-state index in [0.717, 1.165) is 11.3 Å². The third kappa shape index (κ3) is 2.97. The molecule has 0 amide bonds. The zero-order valence-electron chi connectivity index (χ0n) is 12.1. The highest BCUT2D eigenvalue weighted by molar-refractivity contribution is 7.89. The zero-order chi connectivity index (χ0) is 15.7. The van der Waals surface area contributed by atoms with E-state index in [-0.39, 0.29) is 17.5 Å². The number of para-hydroxylation sites is 1. The number of hydrogen-bond acceptors (Lipinski definition) is 3. The number of halogens is 1. The second-order valence-electron chi connectivity index (χ2n) is 5.29. The molecule has 116 valence electrons. The van der Waals surface area contributed by atoms with Crippen LogP contribution in [-0.4, -0.2) is 25.4 Å². The number of rotatable bonds is 2. The van der Waals surface area contributed by atoms with Gasteiger partial charge in [0.1, 0.15) is 11.9 Å². The Hall–Kier alpha value is -1.56. The molecule has 2 aromatic rings. The van der Waals surface area contributed by atoms with Crippen LogP contribution in [0.2, 0.25) is 5.02 Å². The van der Waals surface area contributed by atoms with Crippen molar-refractivity contribution in [3.8, 4) is 5.75 Å². The van der Waals surface area contributed by atoms with Gasteiger partial charge in [-0.15, -0.1) is 0 Å². The molecule has 0 N–H and O–H groups in total. The van der Waals surface area contributed by atoms with Crippen molar-refractivity contribution in [2.24, 2.45) is 0 Å². The Morgan fingerprint density at radius 3 is 2.73 bits per heavy atom. The molecule has 1 atom stereocenters. The highest BCUT2D eigenvalue weighted by Gasteiger charge is 2.30. The fourth-order valence-corrected chi connectivity index (χ4v) is 4.30. The lowest BCUT2D eigenvalue weighted by molar-refractivity contribution is 0.201. The van der Waals surface area contributed by atoms with Gasteiger partial charge >= 0.3 is 0 Å². The second-order valence-corrected chi connectivity index (χ2v) is 7.67. The number of hydrogen-bond donors (Lipinski definition) is 0. The van der Waals surface area contributed by atoms with Crippen molar-refractivity contribution in [3.05, 3.63) is 59.1 Å². The molecule has 4 nitrogen and oxygen atoms in total. The molecule has 2 aromatic carbocycles. The Labute approximate surface area is 135 Å². The van der Waals surface area contributed by atoms with E-state index >= 15 is 0 Å². The quantitative estimate of drug-likeness (QED) is 0.844. The van der Waals surface area contributed by atoms with Crippen LogP contribution in [0.25, 0.3) is 0 Å². The average molecular weight is 338 g/mol. The van der Waals surface area contributed by atoms with Gasteiger partial charge in [-0.2, -0.15) is 4.31 Å². The van der Waals surface area contributed by atoms with E-state index < -0.39 is 10.0 Å². The third-order valence-electron chi connectivity index (χ3n) is 3.54. The summed E-state index contributed by atoms with van der Waals surface area (Å²) < 4.78 is 33.0. The third-order valence-corrected chi connectivity index (χ3v) is 5.58. The lowest BCUT2D eigenvalue weighted by Crippen LogP contribution is -2.36. The zero-order valence-corrected chi connectivity index (χ0v) is 13.6. The van der Waals surface area contributed by atoms with Crippen LogP contribution < -0.4 is 4.74 Å². The van der Waals surface area contributed by atoms with E-state index in [4.69, 9.17) is 16.3 Å². The molecule has 1 heterocycles. The summed E-state index contributed by atoms with van der Waals surface area (Å²) in [5.74, 6) is 0.735. The molecular weight excluding hydrogens is 322 g/mol. The predicted octanol–water partition coefficient (Wildman–Crippen LogP) is 3.31. The first-order valence-corrected chi connectivity index (χ1v) is 8.79. The van der Waals surface area contributed by atoms with Crippen LogP contribution in [0.15, 0.2) is 53.4 Å². The summed E-state index contributed by atoms with van der Waals surface area (Å²) >= 11 is 5.92. The summed E-state index contributed by atoms with van der Waals surface area (Å²) in [6.07, 6.45) is -0.224. The molecule has 3 rings (SSSR count). The number of fused-ring (bicyclic) bond motifs is 1. The molecule has 0 saturated carbocycles. The Bertz CT molecular complexity index is 791. The lowest BCUT2D eigenvalue weighted by atomic mass is 10.2. The molecule has 1 aliphatic rings. The van der Waals surface area contributed by atoms with Crippen molar-refractivity contribution < 1.29 is 13.2 Å². The summed E-state index contributed by atoms with van der Waals surface area (Å²) in [5.41, 5.74) is 0.859. The highest BCUT2D eigenvalue weighted by Crippen LogP contribution is 2.28. The standard InChI is InChI=1S/C16H16ClNO3S/c1-12-10-18(11-13-5-2-3-8-16(13)21-12)22(19,20)15-7-4-6-14(17)9-15/h2-9,12H,10-11H2,1H3. The lowest BCUT2D eigenvalue weighted by Gasteiger charge is -2.21. The molecule has 0 aromatic heterocycles. The van der Waals surface area contributed by atoms with E-state index in [2.05, 4.69) is 0 Å². The van der Waals surface area contributed by atoms with E-state index in [1.54, 1.807) is 18.2 Å². The minimum Gasteiger partial charge on any atom is -0.489 e. The van der Waals surface area contributed by atoms with Gasteiger partial charge < -0.3 is 4.74 Å². The van der Waals surface area contributed by atoms with E-state index in [9.17, 15) is 8.42 Å². The summed E-state index contributed by atoms with van der Waals surface area (Å²) in [7, 11) is -3.61. The first kappa shape index (κ1) is 15.3. The van der Waals surface area contributed by atoms with E-state index in [1.807, 2.05) is 31.2 Å². The highest BCUT2D eigenvalue weighted by atomic mass is 35.5. The first-order chi connectivity index (χ1) is 10.5. The molecule has 6 heteroatoms. The molecule has 0 bridgehead atoms. The molecule has 22 heavy (non-hydrogen) atoms. The molecule has 0 fully saturated rings. The van der Waals surface area contributed by atoms with Gasteiger partial charge in [-0.3, -0.25) is 0 Å². The van der Waals surface area contributed by atoms with Gasteiger partial charge in [0.05, 0.1) is 11.4 Å². The average Bonchev–Trinajstić information content (AvgIpc) is 2.65. The fourth-order valence-electron chi connectivity index (χ4n) is 2.50. The summed E-state index contributed by atoms with van der Waals surface area (Å²) in [4.78, 5) is 0.201. The van der Waals surface area contributed by atoms with Gasteiger partial charge in [0, 0.05) is 17.1 Å². The Morgan fingerprint density at radius 1 is 1.18 bits per heavy atom. The maximum Gasteiger partial charge on any atom is 0.243 e. The largest absolute Gasteiger partial charge is 0.489 e. The minimum atomic E-state index is -3.61. The van der Waals surface area contributed by atoms with Crippen molar-refractivity contribution in [2.45, 2.75) is 24.5 Å². The maximum absolute atomic E-state index is 12.9. The SMILES string of the molecule is CC1CN(S(=O)(=O)c2cccc(Cl)c2)Cc2ccccc2O1. The van der Waals surface area contributed by atoms with Crippen molar-refractivity contribution in [1.82, 2.24) is 4.31 Å². The molecule has 0 aliphatic carbocycles. The Balaban J connectivity index is 2.00. The van der Waals surface area contributed by atoms with Crippen molar-refractivity contribution in [2.75, 3.05) is 6.54 Å². The number of benzene rings is 2. The van der Waals surface area contributed by atoms with Crippen molar-refractivity contribution in [1.29, 1.82) is 0 Å². The van der Waals surface area contributed by atoms with Crippen LogP contribution in [-0.2, 0) is 16.6 Å². The minimum absolute atomic E-state index is 0.201. The summed E-state index contributed by atoms with van der Waals surface area (Å²) in [5, 5.41) is 0.403. The maximum atomic E-state index is 12.9. The van der Waals surface area contributed by atoms with Crippen molar-refractivity contribution in [3.63, 3.8) is 0 Å². The van der Waals surface area contributed by atoms with Crippen LogP contribution in [0.3, 0.4) is 0 Å². The van der Waals surface area contributed by atoms with Gasteiger partial charge in [-0.1, -0.05) is 35.9 Å². The van der Waals surface area contributed by atoms with Gasteiger partial charge in [0.15, 0.2) is 0 Å². The van der Waals surface area contributed by atoms with Gasteiger partial charge in [-0.05, 0) is 31.2 Å². The van der Waals surface area contributed by atoms with Crippen molar-refractivity contribution >= 4 is 21.6 Å². The molecular formula is C16H16ClNO3S. The normalized spacial score (nSPS) is 19.1. The van der Waals surface area contributed by atoms with Crippen LogP contribution in [0.1, 0.15) is 12.5 Å². The topological polar surface area (TPSA) is 46.6 Å². The molecule has 1 unspecified atom stereocenters. The second kappa shape index (κ2) is 5.91. The Kier molecular flexibility index (Phi) is 4.12. The Morgan fingerprint density at radius 2 is 1.95 bits per heavy atom. The monoisotopic (exact) mass is 337 g/mol. The van der Waals surface area contributed by atoms with Crippen LogP contribution in [0, 0.1) is 0 Å². The number of nitrogens with zero attached hydrogens (tertiary/aromatic N) is 1. The molecule has 0 spiro atoms. The fraction of sp³-hybridized carbons (Fsp3) is 0.250. The molecule has 0 radical (unpaired) electrons. The first-order valence-electron chi connectivity index (χ1n) is 6.97. The predicted molar refractivity (Wildman–Crippen MR) is 85.6 cm³/mol. The summed E-state index contributed by atoms with van der Waals surface area (Å²) in [6.45, 7) is 2.45. The van der Waals surface area contributed by atoms with Crippen LogP contribution >= 0.6 is 11.6 Å². The van der Waals surface area contributed by atoms with Gasteiger partial charge in [0.25, 0.3) is 0 Å². The molecule has 1 aliphatic heterocycles.